The number of methoxy groups -OCH3 is 2. The molecule has 1 rings (SSSR count). The lowest BCUT2D eigenvalue weighted by atomic mass is 10.1. The van der Waals surface area contributed by atoms with Crippen molar-refractivity contribution in [3.63, 3.8) is 0 Å². The minimum absolute atomic E-state index is 0.513. The quantitative estimate of drug-likeness (QED) is 0.433. The molecule has 0 unspecified atom stereocenters. The molecule has 20 heavy (non-hydrogen) atoms. The van der Waals surface area contributed by atoms with Crippen LogP contribution in [0.5, 0.6) is 11.5 Å². The molecular formula is C15H25N3O2. The SMILES string of the molecule is CCCCN=C(N)NCCc1ccc(OC)c(OC)c1. The van der Waals surface area contributed by atoms with Crippen LogP contribution >= 0.6 is 0 Å². The first kappa shape index (κ1) is 16.1. The number of hydrogen-bond donors (Lipinski definition) is 2. The summed E-state index contributed by atoms with van der Waals surface area (Å²) in [6, 6.07) is 5.91. The fourth-order valence-electron chi connectivity index (χ4n) is 1.78. The van der Waals surface area contributed by atoms with Gasteiger partial charge in [-0.3, -0.25) is 4.99 Å². The molecule has 0 amide bonds. The fourth-order valence-corrected chi connectivity index (χ4v) is 1.78. The molecule has 5 nitrogen and oxygen atoms in total. The molecule has 0 saturated carbocycles. The Kier molecular flexibility index (Phi) is 7.32. The van der Waals surface area contributed by atoms with Crippen LogP contribution in [0.2, 0.25) is 0 Å². The molecule has 0 radical (unpaired) electrons. The van der Waals surface area contributed by atoms with Crippen LogP contribution in [-0.4, -0.2) is 33.3 Å². The average molecular weight is 279 g/mol. The second-order valence-electron chi connectivity index (χ2n) is 4.49. The van der Waals surface area contributed by atoms with Crippen LogP contribution in [0, 0.1) is 0 Å². The van der Waals surface area contributed by atoms with E-state index < -0.39 is 0 Å². The Labute approximate surface area is 121 Å². The van der Waals surface area contributed by atoms with E-state index in [1.54, 1.807) is 14.2 Å². The summed E-state index contributed by atoms with van der Waals surface area (Å²) in [4.78, 5) is 4.24. The van der Waals surface area contributed by atoms with Gasteiger partial charge in [0.2, 0.25) is 0 Å². The average Bonchev–Trinajstić information content (AvgIpc) is 2.47. The minimum atomic E-state index is 0.513. The van der Waals surface area contributed by atoms with E-state index in [1.165, 1.54) is 0 Å². The summed E-state index contributed by atoms with van der Waals surface area (Å²) in [5.41, 5.74) is 6.94. The molecule has 1 aromatic rings. The van der Waals surface area contributed by atoms with E-state index >= 15 is 0 Å². The number of hydrogen-bond acceptors (Lipinski definition) is 3. The molecule has 5 heteroatoms. The Hall–Kier alpha value is -1.91. The van der Waals surface area contributed by atoms with Crippen LogP contribution in [-0.2, 0) is 6.42 Å². The number of nitrogens with two attached hydrogens (primary N) is 1. The maximum absolute atomic E-state index is 5.77. The van der Waals surface area contributed by atoms with Crippen molar-refractivity contribution in [2.75, 3.05) is 27.3 Å². The minimum Gasteiger partial charge on any atom is -0.493 e. The van der Waals surface area contributed by atoms with E-state index in [9.17, 15) is 0 Å². The third kappa shape index (κ3) is 5.38. The second kappa shape index (κ2) is 9.07. The number of nitrogens with zero attached hydrogens (tertiary/aromatic N) is 1. The van der Waals surface area contributed by atoms with E-state index in [0.29, 0.717) is 5.96 Å². The molecule has 0 fully saturated rings. The van der Waals surface area contributed by atoms with E-state index in [4.69, 9.17) is 15.2 Å². The number of ether oxygens (including phenoxy) is 2. The van der Waals surface area contributed by atoms with Gasteiger partial charge in [0.15, 0.2) is 17.5 Å². The molecule has 0 aliphatic carbocycles. The van der Waals surface area contributed by atoms with Gasteiger partial charge in [0.25, 0.3) is 0 Å². The van der Waals surface area contributed by atoms with Crippen molar-refractivity contribution in [3.05, 3.63) is 23.8 Å². The number of rotatable bonds is 8. The molecule has 0 heterocycles. The van der Waals surface area contributed by atoms with Crippen molar-refractivity contribution < 1.29 is 9.47 Å². The van der Waals surface area contributed by atoms with Gasteiger partial charge in [-0.1, -0.05) is 19.4 Å². The number of nitrogens with one attached hydrogen (secondary N) is 1. The summed E-state index contributed by atoms with van der Waals surface area (Å²) in [6.45, 7) is 3.67. The molecule has 0 atom stereocenters. The lowest BCUT2D eigenvalue weighted by molar-refractivity contribution is 0.354. The highest BCUT2D eigenvalue weighted by atomic mass is 16.5. The van der Waals surface area contributed by atoms with Gasteiger partial charge in [0.1, 0.15) is 0 Å². The molecule has 0 spiro atoms. The zero-order chi connectivity index (χ0) is 14.8. The second-order valence-corrected chi connectivity index (χ2v) is 4.49. The molecule has 3 N–H and O–H groups in total. The van der Waals surface area contributed by atoms with Gasteiger partial charge >= 0.3 is 0 Å². The third-order valence-electron chi connectivity index (χ3n) is 2.96. The Bertz CT molecular complexity index is 433. The summed E-state index contributed by atoms with van der Waals surface area (Å²) >= 11 is 0. The van der Waals surface area contributed by atoms with E-state index in [2.05, 4.69) is 17.2 Å². The zero-order valence-corrected chi connectivity index (χ0v) is 12.6. The van der Waals surface area contributed by atoms with Crippen LogP contribution in [0.15, 0.2) is 23.2 Å². The van der Waals surface area contributed by atoms with Crippen molar-refractivity contribution in [1.29, 1.82) is 0 Å². The van der Waals surface area contributed by atoms with Crippen molar-refractivity contribution in [2.24, 2.45) is 10.7 Å². The van der Waals surface area contributed by atoms with Gasteiger partial charge in [0.05, 0.1) is 14.2 Å². The van der Waals surface area contributed by atoms with Gasteiger partial charge in [-0.25, -0.2) is 0 Å². The summed E-state index contributed by atoms with van der Waals surface area (Å²) in [5, 5.41) is 3.11. The van der Waals surface area contributed by atoms with Crippen LogP contribution < -0.4 is 20.5 Å². The highest BCUT2D eigenvalue weighted by Crippen LogP contribution is 2.27. The highest BCUT2D eigenvalue weighted by Gasteiger charge is 2.04. The van der Waals surface area contributed by atoms with Gasteiger partial charge in [0, 0.05) is 13.1 Å². The van der Waals surface area contributed by atoms with Crippen molar-refractivity contribution in [1.82, 2.24) is 5.32 Å². The summed E-state index contributed by atoms with van der Waals surface area (Å²) in [7, 11) is 3.27. The lowest BCUT2D eigenvalue weighted by Gasteiger charge is -2.10. The summed E-state index contributed by atoms with van der Waals surface area (Å²) in [6.07, 6.45) is 3.05. The maximum Gasteiger partial charge on any atom is 0.188 e. The smallest absolute Gasteiger partial charge is 0.188 e. The molecule has 0 aliphatic heterocycles. The lowest BCUT2D eigenvalue weighted by Crippen LogP contribution is -2.33. The highest BCUT2D eigenvalue weighted by molar-refractivity contribution is 5.77. The van der Waals surface area contributed by atoms with Crippen molar-refractivity contribution in [3.8, 4) is 11.5 Å². The van der Waals surface area contributed by atoms with E-state index in [-0.39, 0.29) is 0 Å². The third-order valence-corrected chi connectivity index (χ3v) is 2.96. The molecule has 0 saturated heterocycles. The van der Waals surface area contributed by atoms with Crippen molar-refractivity contribution >= 4 is 5.96 Å². The van der Waals surface area contributed by atoms with Crippen LogP contribution in [0.25, 0.3) is 0 Å². The molecule has 0 aliphatic rings. The van der Waals surface area contributed by atoms with Crippen LogP contribution in [0.1, 0.15) is 25.3 Å². The maximum atomic E-state index is 5.77. The van der Waals surface area contributed by atoms with Gasteiger partial charge < -0.3 is 20.5 Å². The van der Waals surface area contributed by atoms with E-state index in [1.807, 2.05) is 18.2 Å². The van der Waals surface area contributed by atoms with E-state index in [0.717, 1.165) is 49.4 Å². The summed E-state index contributed by atoms with van der Waals surface area (Å²) in [5.74, 6) is 2.00. The standard InChI is InChI=1S/C15H25N3O2/c1-4-5-9-17-15(16)18-10-8-12-6-7-13(19-2)14(11-12)20-3/h6-7,11H,4-5,8-10H2,1-3H3,(H3,16,17,18). The Morgan fingerprint density at radius 1 is 1.25 bits per heavy atom. The Morgan fingerprint density at radius 3 is 2.65 bits per heavy atom. The van der Waals surface area contributed by atoms with Crippen LogP contribution in [0.4, 0.5) is 0 Å². The molecule has 112 valence electrons. The number of benzene rings is 1. The molecule has 1 aromatic carbocycles. The topological polar surface area (TPSA) is 68.9 Å². The van der Waals surface area contributed by atoms with Gasteiger partial charge in [-0.2, -0.15) is 0 Å². The summed E-state index contributed by atoms with van der Waals surface area (Å²) < 4.78 is 10.5. The molecule has 0 bridgehead atoms. The number of guanidine groups is 1. The first-order chi connectivity index (χ1) is 9.71. The van der Waals surface area contributed by atoms with Gasteiger partial charge in [-0.15, -0.1) is 0 Å². The number of aliphatic imine (C=N–C) groups is 1. The predicted octanol–water partition coefficient (Wildman–Crippen LogP) is 1.95. The molecule has 0 aromatic heterocycles. The Morgan fingerprint density at radius 2 is 2.00 bits per heavy atom. The predicted molar refractivity (Wildman–Crippen MR) is 82.7 cm³/mol. The largest absolute Gasteiger partial charge is 0.493 e. The normalized spacial score (nSPS) is 11.2. The van der Waals surface area contributed by atoms with Crippen LogP contribution in [0.3, 0.4) is 0 Å². The van der Waals surface area contributed by atoms with Crippen molar-refractivity contribution in [2.45, 2.75) is 26.2 Å². The molecular weight excluding hydrogens is 254 g/mol. The first-order valence-electron chi connectivity index (χ1n) is 6.96. The zero-order valence-electron chi connectivity index (χ0n) is 12.6. The first-order valence-corrected chi connectivity index (χ1v) is 6.96. The fraction of sp³-hybridized carbons (Fsp3) is 0.533. The number of unbranched alkanes of at least 4 members (excludes halogenated alkanes) is 1. The van der Waals surface area contributed by atoms with Gasteiger partial charge in [-0.05, 0) is 30.5 Å². The monoisotopic (exact) mass is 279 g/mol. The Balaban J connectivity index is 2.44.